The van der Waals surface area contributed by atoms with Crippen molar-refractivity contribution in [3.05, 3.63) is 70.4 Å². The first kappa shape index (κ1) is 17.1. The monoisotopic (exact) mass is 369 g/mol. The molecule has 0 spiro atoms. The average Bonchev–Trinajstić information content (AvgIpc) is 3.19. The molecule has 1 amide bonds. The zero-order valence-electron chi connectivity index (χ0n) is 14.3. The number of likely N-dealkylation sites (tertiary alicyclic amines) is 1. The van der Waals surface area contributed by atoms with Crippen LogP contribution in [0.15, 0.2) is 56.3 Å². The number of halogens is 1. The molecule has 0 unspecified atom stereocenters. The molecule has 1 aliphatic heterocycles. The van der Waals surface area contributed by atoms with Crippen LogP contribution in [0, 0.1) is 5.82 Å². The maximum atomic E-state index is 13.0. The second-order valence-electron chi connectivity index (χ2n) is 6.36. The fraction of sp³-hybridized carbons (Fsp3) is 0.263. The number of nitrogens with zero attached hydrogens (tertiary/aromatic N) is 3. The number of aromatic nitrogens is 2. The fourth-order valence-electron chi connectivity index (χ4n) is 3.10. The number of hydrogen-bond acceptors (Lipinski definition) is 6. The Kier molecular flexibility index (Phi) is 4.53. The Morgan fingerprint density at radius 3 is 2.48 bits per heavy atom. The van der Waals surface area contributed by atoms with E-state index in [4.69, 9.17) is 8.83 Å². The lowest BCUT2D eigenvalue weighted by Crippen LogP contribution is -2.38. The van der Waals surface area contributed by atoms with Gasteiger partial charge in [0, 0.05) is 30.6 Å². The molecular weight excluding hydrogens is 353 g/mol. The number of amides is 1. The van der Waals surface area contributed by atoms with Crippen molar-refractivity contribution < 1.29 is 18.0 Å². The number of rotatable bonds is 3. The first-order valence-corrected chi connectivity index (χ1v) is 8.57. The van der Waals surface area contributed by atoms with Gasteiger partial charge >= 0.3 is 5.63 Å². The molecule has 1 fully saturated rings. The lowest BCUT2D eigenvalue weighted by Gasteiger charge is -2.30. The van der Waals surface area contributed by atoms with Gasteiger partial charge in [-0.2, -0.15) is 0 Å². The van der Waals surface area contributed by atoms with Crippen LogP contribution in [0.2, 0.25) is 0 Å². The molecular formula is C19H16FN3O4. The predicted molar refractivity (Wildman–Crippen MR) is 92.5 cm³/mol. The van der Waals surface area contributed by atoms with Gasteiger partial charge in [-0.1, -0.05) is 0 Å². The summed E-state index contributed by atoms with van der Waals surface area (Å²) >= 11 is 0. The first-order valence-electron chi connectivity index (χ1n) is 8.57. The van der Waals surface area contributed by atoms with Crippen molar-refractivity contribution in [2.24, 2.45) is 0 Å². The van der Waals surface area contributed by atoms with Crippen LogP contribution in [-0.4, -0.2) is 34.1 Å². The quantitative estimate of drug-likeness (QED) is 0.705. The highest BCUT2D eigenvalue weighted by Crippen LogP contribution is 2.29. The molecule has 0 N–H and O–H groups in total. The second kappa shape index (κ2) is 7.14. The van der Waals surface area contributed by atoms with E-state index in [1.807, 2.05) is 0 Å². The van der Waals surface area contributed by atoms with Crippen LogP contribution in [-0.2, 0) is 0 Å². The summed E-state index contributed by atoms with van der Waals surface area (Å²) in [6, 6.07) is 8.56. The Morgan fingerprint density at radius 1 is 1.07 bits per heavy atom. The van der Waals surface area contributed by atoms with Crippen molar-refractivity contribution in [1.29, 1.82) is 0 Å². The summed E-state index contributed by atoms with van der Waals surface area (Å²) in [7, 11) is 0. The standard InChI is InChI=1S/C19H16FN3O4/c20-15-4-1-12(2-5-15)17-21-22-18(27-17)13-7-9-23(10-8-13)19(25)14-3-6-16(24)26-11-14/h1-6,11,13H,7-10H2. The number of benzene rings is 1. The van der Waals surface area contributed by atoms with Crippen molar-refractivity contribution in [3.8, 4) is 11.5 Å². The number of carbonyl (C=O) groups is 1. The topological polar surface area (TPSA) is 89.4 Å². The van der Waals surface area contributed by atoms with Crippen molar-refractivity contribution in [2.45, 2.75) is 18.8 Å². The smallest absolute Gasteiger partial charge is 0.335 e. The molecule has 27 heavy (non-hydrogen) atoms. The highest BCUT2D eigenvalue weighted by atomic mass is 19.1. The molecule has 1 aliphatic rings. The molecule has 0 saturated carbocycles. The van der Waals surface area contributed by atoms with Gasteiger partial charge in [0.1, 0.15) is 12.1 Å². The van der Waals surface area contributed by atoms with Crippen LogP contribution in [0.5, 0.6) is 0 Å². The molecule has 0 atom stereocenters. The predicted octanol–water partition coefficient (Wildman–Crippen LogP) is 2.85. The van der Waals surface area contributed by atoms with Crippen molar-refractivity contribution >= 4 is 5.91 Å². The van der Waals surface area contributed by atoms with Gasteiger partial charge < -0.3 is 13.7 Å². The average molecular weight is 369 g/mol. The number of hydrogen-bond donors (Lipinski definition) is 0. The van der Waals surface area contributed by atoms with E-state index < -0.39 is 5.63 Å². The van der Waals surface area contributed by atoms with Crippen molar-refractivity contribution in [2.75, 3.05) is 13.1 Å². The summed E-state index contributed by atoms with van der Waals surface area (Å²) in [5, 5.41) is 8.15. The van der Waals surface area contributed by atoms with Crippen molar-refractivity contribution in [1.82, 2.24) is 15.1 Å². The van der Waals surface area contributed by atoms with E-state index in [1.54, 1.807) is 17.0 Å². The third kappa shape index (κ3) is 3.64. The summed E-state index contributed by atoms with van der Waals surface area (Å²) in [5.74, 6) is 0.433. The van der Waals surface area contributed by atoms with E-state index in [-0.39, 0.29) is 17.6 Å². The molecule has 1 aromatic carbocycles. The van der Waals surface area contributed by atoms with E-state index in [2.05, 4.69) is 10.2 Å². The third-order valence-electron chi connectivity index (χ3n) is 4.61. The first-order chi connectivity index (χ1) is 13.1. The molecule has 0 radical (unpaired) electrons. The van der Waals surface area contributed by atoms with E-state index in [9.17, 15) is 14.0 Å². The molecule has 0 aliphatic carbocycles. The third-order valence-corrected chi connectivity index (χ3v) is 4.61. The normalized spacial score (nSPS) is 15.1. The highest BCUT2D eigenvalue weighted by Gasteiger charge is 2.28. The Labute approximate surface area is 153 Å². The molecule has 138 valence electrons. The number of carbonyl (C=O) groups excluding carboxylic acids is 1. The maximum absolute atomic E-state index is 13.0. The summed E-state index contributed by atoms with van der Waals surface area (Å²) < 4.78 is 23.5. The van der Waals surface area contributed by atoms with Gasteiger partial charge in [-0.3, -0.25) is 4.79 Å². The minimum absolute atomic E-state index is 0.0597. The molecule has 2 aromatic heterocycles. The highest BCUT2D eigenvalue weighted by molar-refractivity contribution is 5.93. The Bertz CT molecular complexity index is 984. The minimum Gasteiger partial charge on any atom is -0.430 e. The zero-order valence-corrected chi connectivity index (χ0v) is 14.3. The summed E-state index contributed by atoms with van der Waals surface area (Å²) in [6.07, 6.45) is 2.56. The van der Waals surface area contributed by atoms with Crippen LogP contribution in [0.4, 0.5) is 4.39 Å². The molecule has 1 saturated heterocycles. The summed E-state index contributed by atoms with van der Waals surface area (Å²) in [5.41, 5.74) is 0.524. The minimum atomic E-state index is -0.487. The van der Waals surface area contributed by atoms with Gasteiger partial charge in [0.2, 0.25) is 11.8 Å². The molecule has 7 nitrogen and oxygen atoms in total. The van der Waals surface area contributed by atoms with Gasteiger partial charge in [-0.25, -0.2) is 9.18 Å². The molecule has 3 heterocycles. The van der Waals surface area contributed by atoms with Crippen LogP contribution < -0.4 is 5.63 Å². The Balaban J connectivity index is 1.40. The van der Waals surface area contributed by atoms with E-state index in [1.165, 1.54) is 30.5 Å². The molecule has 4 rings (SSSR count). The Hall–Kier alpha value is -3.29. The van der Waals surface area contributed by atoms with Crippen LogP contribution in [0.3, 0.4) is 0 Å². The lowest BCUT2D eigenvalue weighted by atomic mass is 9.96. The molecule has 8 heteroatoms. The lowest BCUT2D eigenvalue weighted by molar-refractivity contribution is 0.0703. The van der Waals surface area contributed by atoms with Crippen LogP contribution >= 0.6 is 0 Å². The Morgan fingerprint density at radius 2 is 1.81 bits per heavy atom. The number of piperidine rings is 1. The van der Waals surface area contributed by atoms with E-state index in [0.717, 1.165) is 0 Å². The van der Waals surface area contributed by atoms with Gasteiger partial charge in [0.25, 0.3) is 5.91 Å². The second-order valence-corrected chi connectivity index (χ2v) is 6.36. The zero-order chi connectivity index (χ0) is 18.8. The fourth-order valence-corrected chi connectivity index (χ4v) is 3.10. The SMILES string of the molecule is O=C(c1ccc(=O)oc1)N1CCC(c2nnc(-c3ccc(F)cc3)o2)CC1. The van der Waals surface area contributed by atoms with Gasteiger partial charge in [-0.05, 0) is 43.2 Å². The van der Waals surface area contributed by atoms with Gasteiger partial charge in [-0.15, -0.1) is 10.2 Å². The molecule has 3 aromatic rings. The van der Waals surface area contributed by atoms with Crippen LogP contribution in [0.1, 0.15) is 35.0 Å². The van der Waals surface area contributed by atoms with Crippen molar-refractivity contribution in [3.63, 3.8) is 0 Å². The summed E-state index contributed by atoms with van der Waals surface area (Å²) in [6.45, 7) is 1.08. The summed E-state index contributed by atoms with van der Waals surface area (Å²) in [4.78, 5) is 25.2. The van der Waals surface area contributed by atoms with Crippen LogP contribution in [0.25, 0.3) is 11.5 Å². The molecule has 0 bridgehead atoms. The van der Waals surface area contributed by atoms with Gasteiger partial charge in [0.15, 0.2) is 0 Å². The van der Waals surface area contributed by atoms with Gasteiger partial charge in [0.05, 0.1) is 5.56 Å². The largest absolute Gasteiger partial charge is 0.430 e. The maximum Gasteiger partial charge on any atom is 0.335 e. The van der Waals surface area contributed by atoms with E-state index >= 15 is 0 Å². The van der Waals surface area contributed by atoms with E-state index in [0.29, 0.717) is 48.8 Å².